The molecular weight excluding hydrogens is 484 g/mol. The third-order valence-electron chi connectivity index (χ3n) is 8.31. The van der Waals surface area contributed by atoms with Gasteiger partial charge in [0, 0.05) is 35.5 Å². The van der Waals surface area contributed by atoms with E-state index < -0.39 is 5.54 Å². The van der Waals surface area contributed by atoms with Gasteiger partial charge in [-0.05, 0) is 68.6 Å². The molecule has 3 aromatic rings. The normalized spacial score (nSPS) is 17.9. The SMILES string of the molecule is CNC(=O)C(C)(C)C1CCC(CC(=O)Nc2cnc(-c3ccc(C(C)(C)N)cc3)c(-c3ccccc3)c2)CC1. The zero-order valence-corrected chi connectivity index (χ0v) is 23.9. The Morgan fingerprint density at radius 1 is 0.923 bits per heavy atom. The molecule has 4 rings (SSSR count). The van der Waals surface area contributed by atoms with E-state index in [1.807, 2.05) is 64.1 Å². The first-order chi connectivity index (χ1) is 18.5. The van der Waals surface area contributed by atoms with Gasteiger partial charge < -0.3 is 16.4 Å². The number of nitrogens with two attached hydrogens (primary N) is 1. The van der Waals surface area contributed by atoms with Gasteiger partial charge in [-0.15, -0.1) is 0 Å². The highest BCUT2D eigenvalue weighted by Gasteiger charge is 2.38. The minimum atomic E-state index is -0.415. The van der Waals surface area contributed by atoms with Crippen molar-refractivity contribution in [3.63, 3.8) is 0 Å². The minimum absolute atomic E-state index is 0.00658. The van der Waals surface area contributed by atoms with Crippen LogP contribution in [-0.2, 0) is 15.1 Å². The predicted octanol–water partition coefficient (Wildman–Crippen LogP) is 6.52. The number of carbonyl (C=O) groups excluding carboxylic acids is 2. The Kier molecular flexibility index (Phi) is 8.55. The van der Waals surface area contributed by atoms with Gasteiger partial charge >= 0.3 is 0 Å². The quantitative estimate of drug-likeness (QED) is 0.311. The highest BCUT2D eigenvalue weighted by molar-refractivity contribution is 5.93. The summed E-state index contributed by atoms with van der Waals surface area (Å²) in [7, 11) is 1.70. The van der Waals surface area contributed by atoms with E-state index in [0.717, 1.165) is 53.6 Å². The molecule has 0 unspecified atom stereocenters. The highest BCUT2D eigenvalue weighted by atomic mass is 16.2. The second-order valence-electron chi connectivity index (χ2n) is 12.1. The Morgan fingerprint density at radius 2 is 1.56 bits per heavy atom. The molecule has 1 aliphatic carbocycles. The van der Waals surface area contributed by atoms with Gasteiger partial charge in [-0.1, -0.05) is 68.4 Å². The number of hydrogen-bond acceptors (Lipinski definition) is 4. The number of hydrogen-bond donors (Lipinski definition) is 3. The van der Waals surface area contributed by atoms with E-state index in [1.54, 1.807) is 13.2 Å². The zero-order valence-electron chi connectivity index (χ0n) is 23.9. The molecule has 0 bridgehead atoms. The first-order valence-electron chi connectivity index (χ1n) is 14.0. The van der Waals surface area contributed by atoms with Crippen molar-refractivity contribution in [2.45, 2.75) is 65.3 Å². The van der Waals surface area contributed by atoms with Crippen molar-refractivity contribution in [2.75, 3.05) is 12.4 Å². The Morgan fingerprint density at radius 3 is 2.15 bits per heavy atom. The van der Waals surface area contributed by atoms with Gasteiger partial charge in [0.05, 0.1) is 17.6 Å². The van der Waals surface area contributed by atoms with E-state index in [0.29, 0.717) is 23.9 Å². The molecule has 2 amide bonds. The second-order valence-corrected chi connectivity index (χ2v) is 12.1. The largest absolute Gasteiger partial charge is 0.359 e. The summed E-state index contributed by atoms with van der Waals surface area (Å²) in [5, 5.41) is 5.89. The molecule has 1 heterocycles. The van der Waals surface area contributed by atoms with Crippen molar-refractivity contribution in [1.82, 2.24) is 10.3 Å². The first kappa shape index (κ1) is 28.5. The van der Waals surface area contributed by atoms with E-state index >= 15 is 0 Å². The molecule has 1 aromatic heterocycles. The lowest BCUT2D eigenvalue weighted by Crippen LogP contribution is -2.41. The van der Waals surface area contributed by atoms with Crippen LogP contribution in [0.4, 0.5) is 5.69 Å². The number of anilines is 1. The molecule has 206 valence electrons. The van der Waals surface area contributed by atoms with Gasteiger partial charge in [0.15, 0.2) is 0 Å². The van der Waals surface area contributed by atoms with Crippen LogP contribution in [0.5, 0.6) is 0 Å². The van der Waals surface area contributed by atoms with Crippen LogP contribution in [0.15, 0.2) is 66.9 Å². The Labute approximate surface area is 232 Å². The molecular formula is C33H42N4O2. The Balaban J connectivity index is 1.47. The lowest BCUT2D eigenvalue weighted by molar-refractivity contribution is -0.132. The standard InChI is InChI=1S/C33H42N4O2/c1-32(2,31(39)35-5)25-15-11-22(12-16-25)19-29(38)37-27-20-28(23-9-7-6-8-10-23)30(36-21-27)24-13-17-26(18-14-24)33(3,4)34/h6-10,13-14,17-18,20-22,25H,11-12,15-16,19,34H2,1-5H3,(H,35,39)(H,37,38). The molecule has 1 aliphatic rings. The fourth-order valence-corrected chi connectivity index (χ4v) is 5.73. The van der Waals surface area contributed by atoms with Gasteiger partial charge in [-0.25, -0.2) is 0 Å². The van der Waals surface area contributed by atoms with Crippen LogP contribution in [0.1, 0.15) is 65.4 Å². The molecule has 0 aliphatic heterocycles. The second kappa shape index (κ2) is 11.7. The van der Waals surface area contributed by atoms with E-state index in [1.165, 1.54) is 0 Å². The first-order valence-corrected chi connectivity index (χ1v) is 14.0. The maximum atomic E-state index is 13.0. The molecule has 0 saturated heterocycles. The summed E-state index contributed by atoms with van der Waals surface area (Å²) in [6, 6.07) is 20.3. The molecule has 1 fully saturated rings. The van der Waals surface area contributed by atoms with Gasteiger partial charge in [-0.3, -0.25) is 14.6 Å². The molecule has 1 saturated carbocycles. The third kappa shape index (κ3) is 6.74. The van der Waals surface area contributed by atoms with Crippen molar-refractivity contribution < 1.29 is 9.59 Å². The van der Waals surface area contributed by atoms with Crippen LogP contribution in [0.25, 0.3) is 22.4 Å². The van der Waals surface area contributed by atoms with Crippen molar-refractivity contribution >= 4 is 17.5 Å². The summed E-state index contributed by atoms with van der Waals surface area (Å²) in [6.45, 7) is 8.03. The number of amides is 2. The van der Waals surface area contributed by atoms with Gasteiger partial charge in [0.2, 0.25) is 11.8 Å². The number of carbonyl (C=O) groups is 2. The maximum absolute atomic E-state index is 13.0. The number of nitrogens with zero attached hydrogens (tertiary/aromatic N) is 1. The number of pyridine rings is 1. The molecule has 4 N–H and O–H groups in total. The topological polar surface area (TPSA) is 97.1 Å². The summed E-state index contributed by atoms with van der Waals surface area (Å²) in [6.07, 6.45) is 6.07. The van der Waals surface area contributed by atoms with Gasteiger partial charge in [0.1, 0.15) is 0 Å². The summed E-state index contributed by atoms with van der Waals surface area (Å²) in [5.41, 5.74) is 11.1. The fourth-order valence-electron chi connectivity index (χ4n) is 5.73. The Hall–Kier alpha value is -3.51. The number of aromatic nitrogens is 1. The summed E-state index contributed by atoms with van der Waals surface area (Å²) >= 11 is 0. The number of rotatable bonds is 8. The number of nitrogens with one attached hydrogen (secondary N) is 2. The van der Waals surface area contributed by atoms with Crippen molar-refractivity contribution in [3.05, 3.63) is 72.4 Å². The summed E-state index contributed by atoms with van der Waals surface area (Å²) in [4.78, 5) is 30.1. The summed E-state index contributed by atoms with van der Waals surface area (Å²) in [5.74, 6) is 0.764. The average molecular weight is 527 g/mol. The predicted molar refractivity (Wildman–Crippen MR) is 159 cm³/mol. The van der Waals surface area contributed by atoms with Crippen molar-refractivity contribution in [1.29, 1.82) is 0 Å². The fraction of sp³-hybridized carbons (Fsp3) is 0.424. The molecule has 0 atom stereocenters. The van der Waals surface area contributed by atoms with Crippen molar-refractivity contribution in [3.8, 4) is 22.4 Å². The third-order valence-corrected chi connectivity index (χ3v) is 8.31. The highest BCUT2D eigenvalue weighted by Crippen LogP contribution is 2.41. The van der Waals surface area contributed by atoms with Crippen LogP contribution >= 0.6 is 0 Å². The zero-order chi connectivity index (χ0) is 28.2. The molecule has 6 nitrogen and oxygen atoms in total. The molecule has 6 heteroatoms. The lowest BCUT2D eigenvalue weighted by atomic mass is 9.68. The minimum Gasteiger partial charge on any atom is -0.359 e. The molecule has 2 aromatic carbocycles. The lowest BCUT2D eigenvalue weighted by Gasteiger charge is -2.37. The van der Waals surface area contributed by atoms with Gasteiger partial charge in [0.25, 0.3) is 0 Å². The van der Waals surface area contributed by atoms with Crippen LogP contribution in [0, 0.1) is 17.3 Å². The monoisotopic (exact) mass is 526 g/mol. The van der Waals surface area contributed by atoms with Gasteiger partial charge in [-0.2, -0.15) is 0 Å². The summed E-state index contributed by atoms with van der Waals surface area (Å²) < 4.78 is 0. The molecule has 0 radical (unpaired) electrons. The smallest absolute Gasteiger partial charge is 0.225 e. The van der Waals surface area contributed by atoms with E-state index in [9.17, 15) is 9.59 Å². The van der Waals surface area contributed by atoms with Crippen LogP contribution < -0.4 is 16.4 Å². The molecule has 39 heavy (non-hydrogen) atoms. The van der Waals surface area contributed by atoms with Crippen LogP contribution in [0.3, 0.4) is 0 Å². The Bertz CT molecular complexity index is 1290. The average Bonchev–Trinajstić information content (AvgIpc) is 2.93. The van der Waals surface area contributed by atoms with E-state index in [2.05, 4.69) is 34.9 Å². The van der Waals surface area contributed by atoms with E-state index in [-0.39, 0.29) is 17.2 Å². The van der Waals surface area contributed by atoms with Crippen molar-refractivity contribution in [2.24, 2.45) is 23.0 Å². The molecule has 0 spiro atoms. The number of benzene rings is 2. The van der Waals surface area contributed by atoms with E-state index in [4.69, 9.17) is 10.7 Å². The van der Waals surface area contributed by atoms with Crippen LogP contribution in [-0.4, -0.2) is 23.8 Å². The van der Waals surface area contributed by atoms with Crippen LogP contribution in [0.2, 0.25) is 0 Å². The maximum Gasteiger partial charge on any atom is 0.225 e.